The number of esters is 2. The van der Waals surface area contributed by atoms with Crippen molar-refractivity contribution in [3.8, 4) is 0 Å². The summed E-state index contributed by atoms with van der Waals surface area (Å²) in [6.45, 7) is 12.2. The Morgan fingerprint density at radius 3 is 2.56 bits per heavy atom. The number of nitrogens with two attached hydrogens (primary N) is 1. The fourth-order valence-electron chi connectivity index (χ4n) is 3.07. The molecule has 4 atom stereocenters. The second-order valence-corrected chi connectivity index (χ2v) is 10.4. The van der Waals surface area contributed by atoms with E-state index < -0.39 is 14.3 Å². The Balaban J connectivity index is 1.94. The number of hydrogen-bond acceptors (Lipinski definition) is 11. The van der Waals surface area contributed by atoms with Crippen molar-refractivity contribution in [1.82, 2.24) is 24.6 Å². The second-order valence-electron chi connectivity index (χ2n) is 8.84. The highest BCUT2D eigenvalue weighted by Crippen LogP contribution is 2.34. The molecule has 0 amide bonds. The number of nitrogens with zero attached hydrogens (tertiary/aromatic N) is 4. The molecule has 0 bridgehead atoms. The lowest BCUT2D eigenvalue weighted by Gasteiger charge is -2.24. The van der Waals surface area contributed by atoms with Crippen molar-refractivity contribution in [2.45, 2.75) is 79.2 Å². The van der Waals surface area contributed by atoms with Gasteiger partial charge in [0.05, 0.1) is 44.2 Å². The molecule has 0 aromatic carbocycles. The van der Waals surface area contributed by atoms with Crippen LogP contribution in [0.15, 0.2) is 12.7 Å². The average Bonchev–Trinajstić information content (AvgIpc) is 3.24. The summed E-state index contributed by atoms with van der Waals surface area (Å²) in [5.74, 6) is -0.592. The van der Waals surface area contributed by atoms with Crippen LogP contribution in [0, 0.1) is 5.92 Å². The number of nitrogens with one attached hydrogen (secondary N) is 1. The Bertz CT molecular complexity index is 974. The fourth-order valence-corrected chi connectivity index (χ4v) is 4.55. The summed E-state index contributed by atoms with van der Waals surface area (Å²) in [7, 11) is -1.35. The Morgan fingerprint density at radius 1 is 1.11 bits per heavy atom. The first-order chi connectivity index (χ1) is 17.1. The number of hydrogen-bond donors (Lipinski definition) is 2. The standard InChI is InChI=1S/C23H39N6O6P/c1-7-9-32-23(31)18(6)28-36(34-10-8-16(4)22(30)35-15(2)3)14-33-17(5)11-29-13-27-19-20(24)25-12-26-21(19)29/h12-13,15-18,28H,7-11,14H2,1-6H3,(H2,24,25,26)/t16-,17+,18-,36?/m0/s1. The molecule has 0 aliphatic carbocycles. The molecule has 2 heterocycles. The topological polar surface area (TPSA) is 153 Å². The van der Waals surface area contributed by atoms with E-state index in [4.69, 9.17) is 24.5 Å². The van der Waals surface area contributed by atoms with Gasteiger partial charge in [-0.1, -0.05) is 13.8 Å². The van der Waals surface area contributed by atoms with Crippen LogP contribution in [0.3, 0.4) is 0 Å². The molecule has 0 aliphatic heterocycles. The largest absolute Gasteiger partial charge is 0.465 e. The van der Waals surface area contributed by atoms with Gasteiger partial charge in [-0.05, 0) is 40.5 Å². The van der Waals surface area contributed by atoms with Crippen LogP contribution in [0.4, 0.5) is 5.82 Å². The molecule has 0 saturated heterocycles. The van der Waals surface area contributed by atoms with Crippen molar-refractivity contribution in [3.05, 3.63) is 12.7 Å². The molecule has 2 rings (SSSR count). The van der Waals surface area contributed by atoms with Crippen LogP contribution < -0.4 is 10.8 Å². The number of ether oxygens (including phenoxy) is 3. The third-order valence-electron chi connectivity index (χ3n) is 5.05. The van der Waals surface area contributed by atoms with E-state index in [1.807, 2.05) is 32.3 Å². The van der Waals surface area contributed by atoms with Crippen LogP contribution in [0.25, 0.3) is 11.2 Å². The number of nitrogen functional groups attached to an aromatic ring is 1. The number of carbonyl (C=O) groups excluding carboxylic acids is 2. The Morgan fingerprint density at radius 2 is 1.86 bits per heavy atom. The molecule has 0 aliphatic rings. The lowest BCUT2D eigenvalue weighted by Crippen LogP contribution is -2.34. The summed E-state index contributed by atoms with van der Waals surface area (Å²) < 4.78 is 24.4. The lowest BCUT2D eigenvalue weighted by molar-refractivity contribution is -0.152. The third-order valence-corrected chi connectivity index (χ3v) is 6.60. The minimum absolute atomic E-state index is 0.167. The highest BCUT2D eigenvalue weighted by Gasteiger charge is 2.23. The van der Waals surface area contributed by atoms with E-state index in [1.54, 1.807) is 20.2 Å². The van der Waals surface area contributed by atoms with Gasteiger partial charge in [0.2, 0.25) is 0 Å². The highest BCUT2D eigenvalue weighted by molar-refractivity contribution is 7.50. The van der Waals surface area contributed by atoms with Crippen LogP contribution in [0.2, 0.25) is 0 Å². The first-order valence-electron chi connectivity index (χ1n) is 12.2. The summed E-state index contributed by atoms with van der Waals surface area (Å²) in [4.78, 5) is 36.8. The van der Waals surface area contributed by atoms with Crippen molar-refractivity contribution in [3.63, 3.8) is 0 Å². The molecule has 2 aromatic rings. The van der Waals surface area contributed by atoms with Gasteiger partial charge in [0.1, 0.15) is 32.5 Å². The minimum atomic E-state index is -1.35. The number of rotatable bonds is 16. The van der Waals surface area contributed by atoms with Crippen LogP contribution in [0.5, 0.6) is 0 Å². The minimum Gasteiger partial charge on any atom is -0.465 e. The smallest absolute Gasteiger partial charge is 0.323 e. The lowest BCUT2D eigenvalue weighted by atomic mass is 10.1. The molecule has 2 aromatic heterocycles. The molecule has 0 saturated carbocycles. The van der Waals surface area contributed by atoms with Crippen molar-refractivity contribution >= 4 is 37.2 Å². The SMILES string of the molecule is CCCOC(=O)[C@H](C)NP(CO[C@H](C)Cn1cnc2c(N)ncnc21)OCC[C@H](C)C(=O)OC(C)C. The molecule has 36 heavy (non-hydrogen) atoms. The average molecular weight is 527 g/mol. The predicted octanol–water partition coefficient (Wildman–Crippen LogP) is 3.01. The van der Waals surface area contributed by atoms with E-state index in [0.29, 0.717) is 43.2 Å². The number of carbonyl (C=O) groups is 2. The molecular formula is C23H39N6O6P. The van der Waals surface area contributed by atoms with Gasteiger partial charge in [-0.25, -0.2) is 15.0 Å². The van der Waals surface area contributed by atoms with Crippen molar-refractivity contribution in [1.29, 1.82) is 0 Å². The number of aromatic nitrogens is 4. The van der Waals surface area contributed by atoms with Crippen LogP contribution in [0.1, 0.15) is 54.4 Å². The van der Waals surface area contributed by atoms with Gasteiger partial charge in [-0.15, -0.1) is 0 Å². The monoisotopic (exact) mass is 526 g/mol. The maximum absolute atomic E-state index is 12.2. The Hall–Kier alpha value is -2.40. The molecule has 0 fully saturated rings. The van der Waals surface area contributed by atoms with Crippen molar-refractivity contribution in [2.24, 2.45) is 5.92 Å². The van der Waals surface area contributed by atoms with Gasteiger partial charge in [-0.2, -0.15) is 0 Å². The maximum atomic E-state index is 12.2. The van der Waals surface area contributed by atoms with Crippen LogP contribution >= 0.6 is 8.30 Å². The molecule has 202 valence electrons. The first-order valence-corrected chi connectivity index (χ1v) is 13.6. The van der Waals surface area contributed by atoms with E-state index >= 15 is 0 Å². The highest BCUT2D eigenvalue weighted by atomic mass is 31.2. The molecule has 0 radical (unpaired) electrons. The molecule has 12 nitrogen and oxygen atoms in total. The van der Waals surface area contributed by atoms with Crippen LogP contribution in [-0.2, 0) is 34.9 Å². The van der Waals surface area contributed by atoms with Crippen molar-refractivity contribution in [2.75, 3.05) is 25.3 Å². The van der Waals surface area contributed by atoms with Crippen LogP contribution in [-0.4, -0.2) is 69.3 Å². The predicted molar refractivity (Wildman–Crippen MR) is 137 cm³/mol. The first kappa shape index (κ1) is 29.8. The number of fused-ring (bicyclic) bond motifs is 1. The molecule has 0 spiro atoms. The van der Waals surface area contributed by atoms with Gasteiger partial charge >= 0.3 is 11.9 Å². The summed E-state index contributed by atoms with van der Waals surface area (Å²) in [6.07, 6.45) is 4.13. The zero-order valence-electron chi connectivity index (χ0n) is 22.0. The zero-order valence-corrected chi connectivity index (χ0v) is 22.9. The van der Waals surface area contributed by atoms with Gasteiger partial charge in [0.25, 0.3) is 0 Å². The summed E-state index contributed by atoms with van der Waals surface area (Å²) in [6, 6.07) is -0.567. The summed E-state index contributed by atoms with van der Waals surface area (Å²) in [5.41, 5.74) is 7.03. The van der Waals surface area contributed by atoms with Gasteiger partial charge in [-0.3, -0.25) is 14.7 Å². The molecule has 1 unspecified atom stereocenters. The van der Waals surface area contributed by atoms with Gasteiger partial charge < -0.3 is 29.0 Å². The second kappa shape index (κ2) is 15.0. The van der Waals surface area contributed by atoms with E-state index in [-0.39, 0.29) is 36.4 Å². The quantitative estimate of drug-likeness (QED) is 0.245. The third kappa shape index (κ3) is 9.57. The maximum Gasteiger partial charge on any atom is 0.323 e. The fraction of sp³-hybridized carbons (Fsp3) is 0.696. The number of imidazole rings is 1. The Kier molecular flexibility index (Phi) is 12.4. The van der Waals surface area contributed by atoms with Gasteiger partial charge in [0, 0.05) is 0 Å². The zero-order chi connectivity index (χ0) is 26.7. The molecular weight excluding hydrogens is 487 g/mol. The van der Waals surface area contributed by atoms with E-state index in [2.05, 4.69) is 20.0 Å². The number of anilines is 1. The Labute approximate surface area is 213 Å². The van der Waals surface area contributed by atoms with E-state index in [1.165, 1.54) is 6.33 Å². The molecule has 3 N–H and O–H groups in total. The van der Waals surface area contributed by atoms with Gasteiger partial charge in [0.15, 0.2) is 11.5 Å². The van der Waals surface area contributed by atoms with E-state index in [9.17, 15) is 9.59 Å². The molecule has 13 heteroatoms. The van der Waals surface area contributed by atoms with Crippen molar-refractivity contribution < 1.29 is 28.3 Å². The van der Waals surface area contributed by atoms with E-state index in [0.717, 1.165) is 6.42 Å². The normalized spacial score (nSPS) is 15.0. The summed E-state index contributed by atoms with van der Waals surface area (Å²) in [5, 5.41) is 3.18. The summed E-state index contributed by atoms with van der Waals surface area (Å²) >= 11 is 0.